The Morgan fingerprint density at radius 1 is 1.10 bits per heavy atom. The van der Waals surface area contributed by atoms with Crippen LogP contribution in [-0.2, 0) is 9.05 Å². The summed E-state index contributed by atoms with van der Waals surface area (Å²) in [6.45, 7) is 0. The van der Waals surface area contributed by atoms with Crippen LogP contribution in [0.1, 0.15) is 0 Å². The predicted molar refractivity (Wildman–Crippen MR) is 85.4 cm³/mol. The van der Waals surface area contributed by atoms with Crippen molar-refractivity contribution in [1.82, 2.24) is 0 Å². The summed E-state index contributed by atoms with van der Waals surface area (Å²) in [5.74, 6) is -0.214. The van der Waals surface area contributed by atoms with Crippen molar-refractivity contribution in [2.24, 2.45) is 0 Å². The molecular weight excluding hydrogens is 426 g/mol. The SMILES string of the molecule is O=S(=O)(Cl)c1cc(Oc2c(Cl)cc(Br)cc2Cl)ccc1O. The van der Waals surface area contributed by atoms with E-state index < -0.39 is 19.7 Å². The molecule has 0 amide bonds. The Balaban J connectivity index is 2.47. The predicted octanol–water partition coefficient (Wildman–Crippen LogP) is 5.18. The maximum atomic E-state index is 11.3. The van der Waals surface area contributed by atoms with E-state index in [-0.39, 0.29) is 21.5 Å². The average Bonchev–Trinajstić information content (AvgIpc) is 2.34. The molecule has 21 heavy (non-hydrogen) atoms. The van der Waals surface area contributed by atoms with E-state index in [2.05, 4.69) is 15.9 Å². The van der Waals surface area contributed by atoms with E-state index in [9.17, 15) is 13.5 Å². The fraction of sp³-hybridized carbons (Fsp3) is 0. The second kappa shape index (κ2) is 6.22. The molecule has 1 N–H and O–H groups in total. The molecule has 2 aromatic carbocycles. The minimum absolute atomic E-state index is 0.109. The van der Waals surface area contributed by atoms with Gasteiger partial charge in [-0.15, -0.1) is 0 Å². The highest BCUT2D eigenvalue weighted by Crippen LogP contribution is 2.40. The Bertz CT molecular complexity index is 785. The minimum Gasteiger partial charge on any atom is -0.507 e. The van der Waals surface area contributed by atoms with E-state index in [0.717, 1.165) is 12.1 Å². The van der Waals surface area contributed by atoms with Crippen LogP contribution in [0.25, 0.3) is 0 Å². The zero-order valence-corrected chi connectivity index (χ0v) is 14.6. The molecule has 0 fully saturated rings. The lowest BCUT2D eigenvalue weighted by atomic mass is 10.3. The highest BCUT2D eigenvalue weighted by molar-refractivity contribution is 9.10. The number of ether oxygens (including phenoxy) is 1. The number of phenolic OH excluding ortho intramolecular Hbond substituents is 1. The van der Waals surface area contributed by atoms with E-state index in [4.69, 9.17) is 38.6 Å². The lowest BCUT2D eigenvalue weighted by molar-refractivity contribution is 0.449. The topological polar surface area (TPSA) is 63.6 Å². The molecule has 0 spiro atoms. The first-order valence-electron chi connectivity index (χ1n) is 5.28. The first-order valence-corrected chi connectivity index (χ1v) is 9.14. The smallest absolute Gasteiger partial charge is 0.265 e. The van der Waals surface area contributed by atoms with Crippen molar-refractivity contribution in [3.05, 3.63) is 44.8 Å². The lowest BCUT2D eigenvalue weighted by Crippen LogP contribution is -1.93. The van der Waals surface area contributed by atoms with Gasteiger partial charge < -0.3 is 9.84 Å². The molecule has 0 aliphatic rings. The Morgan fingerprint density at radius 2 is 1.67 bits per heavy atom. The number of phenols is 1. The van der Waals surface area contributed by atoms with Crippen molar-refractivity contribution in [2.45, 2.75) is 4.90 Å². The van der Waals surface area contributed by atoms with Crippen molar-refractivity contribution in [2.75, 3.05) is 0 Å². The van der Waals surface area contributed by atoms with Gasteiger partial charge in [-0.3, -0.25) is 0 Å². The van der Waals surface area contributed by atoms with Crippen molar-refractivity contribution >= 4 is 58.9 Å². The van der Waals surface area contributed by atoms with Crippen LogP contribution in [0.15, 0.2) is 39.7 Å². The fourth-order valence-corrected chi connectivity index (χ4v) is 3.73. The third-order valence-corrected chi connectivity index (χ3v) is 4.75. The normalized spacial score (nSPS) is 11.4. The summed E-state index contributed by atoms with van der Waals surface area (Å²) in [5, 5.41) is 9.97. The maximum Gasteiger partial charge on any atom is 0.265 e. The molecule has 0 saturated carbocycles. The molecule has 9 heteroatoms. The van der Waals surface area contributed by atoms with E-state index in [1.165, 1.54) is 6.07 Å². The number of hydrogen-bond acceptors (Lipinski definition) is 4. The minimum atomic E-state index is -4.11. The summed E-state index contributed by atoms with van der Waals surface area (Å²) in [6, 6.07) is 6.72. The summed E-state index contributed by atoms with van der Waals surface area (Å²) >= 11 is 15.3. The second-order valence-corrected chi connectivity index (χ2v) is 8.13. The molecule has 2 aromatic rings. The van der Waals surface area contributed by atoms with Gasteiger partial charge in [0.25, 0.3) is 9.05 Å². The van der Waals surface area contributed by atoms with Gasteiger partial charge in [0, 0.05) is 21.2 Å². The van der Waals surface area contributed by atoms with Gasteiger partial charge in [-0.2, -0.15) is 0 Å². The highest BCUT2D eigenvalue weighted by Gasteiger charge is 2.18. The van der Waals surface area contributed by atoms with Gasteiger partial charge in [0.05, 0.1) is 10.0 Å². The van der Waals surface area contributed by atoms with Crippen LogP contribution in [-0.4, -0.2) is 13.5 Å². The van der Waals surface area contributed by atoms with Gasteiger partial charge in [0.1, 0.15) is 16.4 Å². The van der Waals surface area contributed by atoms with Crippen LogP contribution in [0.2, 0.25) is 10.0 Å². The van der Waals surface area contributed by atoms with Crippen molar-refractivity contribution in [3.63, 3.8) is 0 Å². The summed E-state index contributed by atoms with van der Waals surface area (Å²) in [6.07, 6.45) is 0. The van der Waals surface area contributed by atoms with Crippen LogP contribution in [0.3, 0.4) is 0 Å². The van der Waals surface area contributed by atoms with Gasteiger partial charge >= 0.3 is 0 Å². The van der Waals surface area contributed by atoms with E-state index in [1.54, 1.807) is 12.1 Å². The molecule has 0 aliphatic carbocycles. The molecule has 0 aromatic heterocycles. The zero-order valence-electron chi connectivity index (χ0n) is 9.98. The molecule has 0 radical (unpaired) electrons. The molecule has 0 saturated heterocycles. The highest BCUT2D eigenvalue weighted by atomic mass is 79.9. The lowest BCUT2D eigenvalue weighted by Gasteiger charge is -2.11. The quantitative estimate of drug-likeness (QED) is 0.679. The molecular formula is C12H6BrCl3O4S. The van der Waals surface area contributed by atoms with E-state index >= 15 is 0 Å². The molecule has 0 atom stereocenters. The Labute approximate surface area is 143 Å². The fourth-order valence-electron chi connectivity index (χ4n) is 1.50. The van der Waals surface area contributed by atoms with Crippen LogP contribution >= 0.6 is 49.8 Å². The maximum absolute atomic E-state index is 11.3. The number of aromatic hydroxyl groups is 1. The first kappa shape index (κ1) is 16.7. The van der Waals surface area contributed by atoms with Crippen LogP contribution in [0, 0.1) is 0 Å². The number of hydrogen-bond donors (Lipinski definition) is 1. The Kier molecular flexibility index (Phi) is 4.95. The average molecular weight is 433 g/mol. The monoisotopic (exact) mass is 430 g/mol. The van der Waals surface area contributed by atoms with Gasteiger partial charge in [-0.05, 0) is 24.3 Å². The van der Waals surface area contributed by atoms with Crippen LogP contribution in [0.4, 0.5) is 0 Å². The van der Waals surface area contributed by atoms with Gasteiger partial charge in [0.2, 0.25) is 0 Å². The third-order valence-electron chi connectivity index (χ3n) is 2.38. The summed E-state index contributed by atoms with van der Waals surface area (Å²) < 4.78 is 28.8. The number of rotatable bonds is 3. The van der Waals surface area contributed by atoms with E-state index in [1.807, 2.05) is 0 Å². The van der Waals surface area contributed by atoms with Crippen LogP contribution < -0.4 is 4.74 Å². The summed E-state index contributed by atoms with van der Waals surface area (Å²) in [7, 11) is 1.11. The van der Waals surface area contributed by atoms with Gasteiger partial charge in [-0.1, -0.05) is 39.1 Å². The van der Waals surface area contributed by atoms with Crippen molar-refractivity contribution in [3.8, 4) is 17.2 Å². The molecule has 4 nitrogen and oxygen atoms in total. The number of benzene rings is 2. The van der Waals surface area contributed by atoms with Crippen molar-refractivity contribution < 1.29 is 18.3 Å². The Morgan fingerprint density at radius 3 is 2.19 bits per heavy atom. The molecule has 0 aliphatic heterocycles. The molecule has 0 bridgehead atoms. The summed E-state index contributed by atoms with van der Waals surface area (Å²) in [5.41, 5.74) is 0. The van der Waals surface area contributed by atoms with Gasteiger partial charge in [0.15, 0.2) is 5.75 Å². The van der Waals surface area contributed by atoms with Crippen molar-refractivity contribution in [1.29, 1.82) is 0 Å². The summed E-state index contributed by atoms with van der Waals surface area (Å²) in [4.78, 5) is -0.467. The van der Waals surface area contributed by atoms with Gasteiger partial charge in [-0.25, -0.2) is 8.42 Å². The molecule has 0 unspecified atom stereocenters. The first-order chi connectivity index (χ1) is 9.68. The second-order valence-electron chi connectivity index (χ2n) is 3.87. The molecule has 2 rings (SSSR count). The largest absolute Gasteiger partial charge is 0.507 e. The molecule has 0 heterocycles. The number of halogens is 4. The standard InChI is InChI=1S/C12H6BrCl3O4S/c13-6-3-8(14)12(9(15)4-6)20-7-1-2-10(17)11(5-7)21(16,18)19/h1-5,17H. The molecule has 112 valence electrons. The Hall–Kier alpha value is -0.660. The van der Waals surface area contributed by atoms with Crippen LogP contribution in [0.5, 0.6) is 17.2 Å². The zero-order chi connectivity index (χ0) is 15.8. The van der Waals surface area contributed by atoms with E-state index in [0.29, 0.717) is 4.47 Å². The third kappa shape index (κ3) is 3.96.